The highest BCUT2D eigenvalue weighted by atomic mass is 32.1. The number of nitrogens with one attached hydrogen (secondary N) is 3. The van der Waals surface area contributed by atoms with Gasteiger partial charge in [-0.15, -0.1) is 0 Å². The first-order valence-electron chi connectivity index (χ1n) is 6.04. The Morgan fingerprint density at radius 1 is 1.33 bits per heavy atom. The van der Waals surface area contributed by atoms with Gasteiger partial charge in [0.25, 0.3) is 5.56 Å². The Kier molecular flexibility index (Phi) is 4.62. The lowest BCUT2D eigenvalue weighted by Gasteiger charge is -2.05. The van der Waals surface area contributed by atoms with Gasteiger partial charge in [-0.05, 0) is 17.8 Å². The fraction of sp³-hybridized carbons (Fsp3) is 0.0769. The minimum atomic E-state index is -0.792. The number of hydrogen-bond acceptors (Lipinski definition) is 4. The number of nitrogens with zero attached hydrogens (tertiary/aromatic N) is 1. The summed E-state index contributed by atoms with van der Waals surface area (Å²) in [6.45, 7) is 0. The number of amides is 2. The lowest BCUT2D eigenvalue weighted by molar-refractivity contribution is 0.249. The molecule has 5 N–H and O–H groups in total. The number of aromatic amines is 2. The van der Waals surface area contributed by atoms with E-state index in [1.54, 1.807) is 0 Å². The molecule has 2 aromatic rings. The Morgan fingerprint density at radius 2 is 2.05 bits per heavy atom. The summed E-state index contributed by atoms with van der Waals surface area (Å²) in [5.74, 6) is 0. The van der Waals surface area contributed by atoms with Crippen LogP contribution in [0.1, 0.15) is 16.8 Å². The van der Waals surface area contributed by atoms with E-state index in [4.69, 9.17) is 18.0 Å². The number of hydrazone groups is 1. The molecule has 0 bridgehead atoms. The van der Waals surface area contributed by atoms with E-state index in [1.165, 1.54) is 6.21 Å². The zero-order valence-electron chi connectivity index (χ0n) is 10.9. The van der Waals surface area contributed by atoms with Crippen molar-refractivity contribution in [3.05, 3.63) is 62.3 Å². The molecule has 0 saturated carbocycles. The number of hydrogen-bond donors (Lipinski definition) is 4. The van der Waals surface area contributed by atoms with Crippen LogP contribution in [0.3, 0.4) is 0 Å². The van der Waals surface area contributed by atoms with Crippen molar-refractivity contribution in [2.24, 2.45) is 10.8 Å². The monoisotopic (exact) mass is 303 g/mol. The van der Waals surface area contributed by atoms with Crippen LogP contribution < -0.4 is 16.7 Å². The summed E-state index contributed by atoms with van der Waals surface area (Å²) in [4.78, 5) is 28.0. The van der Waals surface area contributed by atoms with Crippen LogP contribution in [0.25, 0.3) is 0 Å². The van der Waals surface area contributed by atoms with Gasteiger partial charge in [-0.25, -0.2) is 10.2 Å². The molecule has 21 heavy (non-hydrogen) atoms. The molecule has 0 aliphatic heterocycles. The minimum absolute atomic E-state index is 0.178. The van der Waals surface area contributed by atoms with Crippen molar-refractivity contribution < 1.29 is 4.79 Å². The average molecular weight is 303 g/mol. The molecule has 7 nitrogen and oxygen atoms in total. The normalized spacial score (nSPS) is 10.7. The number of carbonyl (C=O) groups excluding carboxylic acids is 1. The Labute approximate surface area is 124 Å². The van der Waals surface area contributed by atoms with Crippen molar-refractivity contribution in [3.63, 3.8) is 0 Å². The molecular weight excluding hydrogens is 290 g/mol. The molecule has 0 unspecified atom stereocenters. The second-order valence-electron chi connectivity index (χ2n) is 4.20. The number of H-pyrrole nitrogens is 2. The molecule has 0 saturated heterocycles. The fourth-order valence-corrected chi connectivity index (χ4v) is 1.98. The van der Waals surface area contributed by atoms with E-state index in [0.717, 1.165) is 5.56 Å². The molecular formula is C13H13N5O2S. The van der Waals surface area contributed by atoms with Crippen molar-refractivity contribution in [2.75, 3.05) is 0 Å². The summed E-state index contributed by atoms with van der Waals surface area (Å²) >= 11 is 4.93. The molecule has 2 amide bonds. The van der Waals surface area contributed by atoms with Gasteiger partial charge in [0.2, 0.25) is 0 Å². The predicted molar refractivity (Wildman–Crippen MR) is 81.8 cm³/mol. The summed E-state index contributed by atoms with van der Waals surface area (Å²) in [7, 11) is 0. The van der Waals surface area contributed by atoms with Crippen LogP contribution in [-0.4, -0.2) is 22.2 Å². The van der Waals surface area contributed by atoms with Crippen molar-refractivity contribution >= 4 is 24.5 Å². The van der Waals surface area contributed by atoms with Crippen LogP contribution in [0, 0.1) is 4.77 Å². The highest BCUT2D eigenvalue weighted by Gasteiger charge is 2.08. The maximum atomic E-state index is 12.0. The highest BCUT2D eigenvalue weighted by Crippen LogP contribution is 2.07. The molecule has 0 atom stereocenters. The molecule has 108 valence electrons. The van der Waals surface area contributed by atoms with Crippen LogP contribution >= 0.6 is 12.2 Å². The van der Waals surface area contributed by atoms with Crippen LogP contribution in [0.15, 0.2) is 40.2 Å². The van der Waals surface area contributed by atoms with E-state index in [0.29, 0.717) is 17.7 Å². The van der Waals surface area contributed by atoms with Crippen LogP contribution in [0.4, 0.5) is 4.79 Å². The molecule has 0 radical (unpaired) electrons. The number of urea groups is 1. The highest BCUT2D eigenvalue weighted by molar-refractivity contribution is 7.71. The van der Waals surface area contributed by atoms with Gasteiger partial charge in [0.15, 0.2) is 4.77 Å². The van der Waals surface area contributed by atoms with Gasteiger partial charge in [-0.2, -0.15) is 5.10 Å². The standard InChI is InChI=1S/C13H13N5O2S/c14-12(20)18-15-7-10-9(11(19)17-13(21)16-10)6-8-4-2-1-3-5-8/h1-5,7H,6H2,(H3,14,18,20)(H2,16,17,19,21). The lowest BCUT2D eigenvalue weighted by Crippen LogP contribution is -2.25. The maximum absolute atomic E-state index is 12.0. The number of rotatable bonds is 4. The summed E-state index contributed by atoms with van der Waals surface area (Å²) < 4.78 is 0.178. The molecule has 1 heterocycles. The van der Waals surface area contributed by atoms with Crippen molar-refractivity contribution in [2.45, 2.75) is 6.42 Å². The molecule has 8 heteroatoms. The largest absolute Gasteiger partial charge is 0.350 e. The predicted octanol–water partition coefficient (Wildman–Crippen LogP) is 1.03. The minimum Gasteiger partial charge on any atom is -0.350 e. The zero-order chi connectivity index (χ0) is 15.2. The second-order valence-corrected chi connectivity index (χ2v) is 4.61. The van der Waals surface area contributed by atoms with E-state index in [1.807, 2.05) is 30.3 Å². The third-order valence-electron chi connectivity index (χ3n) is 2.67. The first-order chi connectivity index (χ1) is 10.1. The Balaban J connectivity index is 2.39. The summed E-state index contributed by atoms with van der Waals surface area (Å²) in [6.07, 6.45) is 1.70. The van der Waals surface area contributed by atoms with Gasteiger partial charge in [-0.1, -0.05) is 30.3 Å². The Bertz CT molecular complexity index is 779. The summed E-state index contributed by atoms with van der Waals surface area (Å²) in [5, 5.41) is 3.65. The smallest absolute Gasteiger partial charge is 0.332 e. The van der Waals surface area contributed by atoms with Crippen molar-refractivity contribution in [1.82, 2.24) is 15.4 Å². The molecule has 0 aliphatic carbocycles. The number of nitrogens with two attached hydrogens (primary N) is 1. The van der Waals surface area contributed by atoms with Gasteiger partial charge >= 0.3 is 6.03 Å². The molecule has 1 aromatic heterocycles. The van der Waals surface area contributed by atoms with Crippen LogP contribution in [0.5, 0.6) is 0 Å². The SMILES string of the molecule is NC(=O)NN=Cc1[nH]c(=S)[nH]c(=O)c1Cc1ccccc1. The quantitative estimate of drug-likeness (QED) is 0.384. The van der Waals surface area contributed by atoms with Crippen molar-refractivity contribution in [3.8, 4) is 0 Å². The molecule has 0 fully saturated rings. The molecule has 1 aromatic carbocycles. The van der Waals surface area contributed by atoms with E-state index in [2.05, 4.69) is 20.5 Å². The fourth-order valence-electron chi connectivity index (χ4n) is 1.78. The van der Waals surface area contributed by atoms with Gasteiger partial charge in [0, 0.05) is 12.0 Å². The molecule has 2 rings (SSSR count). The van der Waals surface area contributed by atoms with Gasteiger partial charge in [-0.3, -0.25) is 9.78 Å². The Morgan fingerprint density at radius 3 is 2.71 bits per heavy atom. The third kappa shape index (κ3) is 4.11. The Hall–Kier alpha value is -2.74. The summed E-state index contributed by atoms with van der Waals surface area (Å²) in [5.41, 5.74) is 8.52. The van der Waals surface area contributed by atoms with Crippen molar-refractivity contribution in [1.29, 1.82) is 0 Å². The van der Waals surface area contributed by atoms with E-state index in [-0.39, 0.29) is 10.3 Å². The van der Waals surface area contributed by atoms with Gasteiger partial charge < -0.3 is 10.7 Å². The van der Waals surface area contributed by atoms with Gasteiger partial charge in [0.05, 0.1) is 11.9 Å². The first kappa shape index (κ1) is 14.7. The van der Waals surface area contributed by atoms with E-state index in [9.17, 15) is 9.59 Å². The van der Waals surface area contributed by atoms with Crippen LogP contribution in [0.2, 0.25) is 0 Å². The maximum Gasteiger partial charge on any atom is 0.332 e. The summed E-state index contributed by atoms with van der Waals surface area (Å²) in [6, 6.07) is 8.69. The zero-order valence-corrected chi connectivity index (χ0v) is 11.7. The van der Waals surface area contributed by atoms with Crippen LogP contribution in [-0.2, 0) is 6.42 Å². The number of carbonyl (C=O) groups is 1. The molecule has 0 aliphatic rings. The number of primary amides is 1. The topological polar surface area (TPSA) is 116 Å². The lowest BCUT2D eigenvalue weighted by atomic mass is 10.1. The van der Waals surface area contributed by atoms with Gasteiger partial charge in [0.1, 0.15) is 0 Å². The van der Waals surface area contributed by atoms with E-state index >= 15 is 0 Å². The van der Waals surface area contributed by atoms with E-state index < -0.39 is 6.03 Å². The first-order valence-corrected chi connectivity index (χ1v) is 6.45. The third-order valence-corrected chi connectivity index (χ3v) is 2.87. The average Bonchev–Trinajstić information content (AvgIpc) is 2.43. The number of benzene rings is 1. The second kappa shape index (κ2) is 6.62. The number of aromatic nitrogens is 2. The molecule has 0 spiro atoms.